The van der Waals surface area contributed by atoms with E-state index in [1.807, 2.05) is 0 Å². The van der Waals surface area contributed by atoms with Crippen LogP contribution >= 0.6 is 21.6 Å². The molecular weight excluding hydrogens is 1150 g/mol. The number of nitrogens with zero attached hydrogens (tertiary/aromatic N) is 4. The normalized spacial score (nSPS) is 21.8. The number of hydrogen-bond donors (Lipinski definition) is 16. The zero-order valence-electron chi connectivity index (χ0n) is 45.9. The fourth-order valence-corrected chi connectivity index (χ4v) is 11.4. The molecule has 4 aromatic rings. The molecule has 0 spiro atoms. The average Bonchev–Trinajstić information content (AvgIpc) is 3.65. The third-order valence-electron chi connectivity index (χ3n) is 13.4. The number of hydrogen-bond acceptors (Lipinski definition) is 16. The number of fused-ring (bicyclic) bond motifs is 1. The van der Waals surface area contributed by atoms with Gasteiger partial charge in [0.05, 0.1) is 12.9 Å². The van der Waals surface area contributed by atoms with Crippen molar-refractivity contribution in [1.82, 2.24) is 62.4 Å². The molecule has 1 unspecified atom stereocenters. The minimum absolute atomic E-state index is 0.0120. The van der Waals surface area contributed by atoms with Gasteiger partial charge in [-0.2, -0.15) is 0 Å². The highest BCUT2D eigenvalue weighted by molar-refractivity contribution is 8.76. The zero-order chi connectivity index (χ0) is 61.6. The predicted molar refractivity (Wildman–Crippen MR) is 313 cm³/mol. The summed E-state index contributed by atoms with van der Waals surface area (Å²) in [6.45, 7) is -0.454. The van der Waals surface area contributed by atoms with Crippen LogP contribution < -0.4 is 71.2 Å². The van der Waals surface area contributed by atoms with E-state index in [1.54, 1.807) is 60.8 Å². The number of carboxylic acid groups (broad SMARTS) is 1. The number of H-pyrrole nitrogens is 2. The van der Waals surface area contributed by atoms with Gasteiger partial charge in [-0.25, -0.2) is 9.78 Å². The lowest BCUT2D eigenvalue weighted by Gasteiger charge is -2.28. The Labute approximate surface area is 493 Å². The molecule has 6 rings (SSSR count). The predicted octanol–water partition coefficient (Wildman–Crippen LogP) is -3.91. The number of urea groups is 1. The minimum Gasteiger partial charge on any atom is -0.481 e. The van der Waals surface area contributed by atoms with E-state index in [9.17, 15) is 57.8 Å². The highest BCUT2D eigenvalue weighted by Crippen LogP contribution is 2.25. The number of carbonyl (C=O) groups is 11. The lowest BCUT2D eigenvalue weighted by Crippen LogP contribution is -2.61. The van der Waals surface area contributed by atoms with E-state index in [2.05, 4.69) is 67.5 Å². The van der Waals surface area contributed by atoms with Crippen molar-refractivity contribution in [3.05, 3.63) is 90.1 Å². The van der Waals surface area contributed by atoms with E-state index in [4.69, 9.17) is 28.7 Å². The van der Waals surface area contributed by atoms with Crippen molar-refractivity contribution < 1.29 is 57.8 Å². The summed E-state index contributed by atoms with van der Waals surface area (Å²) in [6.07, 6.45) is 2.25. The van der Waals surface area contributed by atoms with Gasteiger partial charge in [-0.3, -0.25) is 62.8 Å². The van der Waals surface area contributed by atoms with Crippen molar-refractivity contribution in [2.24, 2.45) is 38.7 Å². The molecule has 2 fully saturated rings. The number of imidazole rings is 1. The number of nitrogens with two attached hydrogens (primary N) is 5. The molecule has 2 aliphatic heterocycles. The number of aromatic nitrogens is 3. The first-order valence-electron chi connectivity index (χ1n) is 26.8. The molecule has 2 aromatic heterocycles. The fourth-order valence-electron chi connectivity index (χ4n) is 9.06. The van der Waals surface area contributed by atoms with Gasteiger partial charge in [-0.1, -0.05) is 70.1 Å². The zero-order valence-corrected chi connectivity index (χ0v) is 47.5. The molecule has 2 aromatic carbocycles. The average molecular weight is 1220 g/mol. The molecule has 2 aliphatic rings. The van der Waals surface area contributed by atoms with Crippen LogP contribution in [0, 0.1) is 0 Å². The Bertz CT molecular complexity index is 3090. The lowest BCUT2D eigenvalue weighted by atomic mass is 10.0. The Morgan fingerprint density at radius 2 is 1.25 bits per heavy atom. The molecule has 85 heavy (non-hydrogen) atoms. The maximum Gasteiger partial charge on any atom is 0.325 e. The van der Waals surface area contributed by atoms with Gasteiger partial charge in [0, 0.05) is 79.3 Å². The van der Waals surface area contributed by atoms with Gasteiger partial charge in [0.2, 0.25) is 47.3 Å². The Kier molecular flexibility index (Phi) is 24.3. The van der Waals surface area contributed by atoms with Crippen molar-refractivity contribution in [3.63, 3.8) is 0 Å². The Morgan fingerprint density at radius 1 is 0.671 bits per heavy atom. The van der Waals surface area contributed by atoms with Crippen molar-refractivity contribution in [2.75, 3.05) is 31.1 Å². The maximum atomic E-state index is 14.8. The number of rotatable bonds is 21. The smallest absolute Gasteiger partial charge is 0.325 e. The third-order valence-corrected chi connectivity index (χ3v) is 15.8. The Balaban J connectivity index is 1.42. The maximum absolute atomic E-state index is 14.8. The lowest BCUT2D eigenvalue weighted by molar-refractivity contribution is -0.139. The van der Waals surface area contributed by atoms with Crippen LogP contribution in [-0.4, -0.2) is 182 Å². The van der Waals surface area contributed by atoms with Crippen LogP contribution in [0.5, 0.6) is 0 Å². The number of aliphatic imine (C=N–C) groups is 2. The molecule has 21 N–H and O–H groups in total. The van der Waals surface area contributed by atoms with Crippen LogP contribution in [0.4, 0.5) is 4.79 Å². The Hall–Kier alpha value is -9.40. The number of amides is 11. The number of guanidine groups is 2. The summed E-state index contributed by atoms with van der Waals surface area (Å²) in [4.78, 5) is 172. The number of nitrogens with one attached hydrogen (secondary N) is 10. The van der Waals surface area contributed by atoms with E-state index < -0.39 is 139 Å². The van der Waals surface area contributed by atoms with Crippen LogP contribution in [-0.2, 0) is 67.2 Å². The van der Waals surface area contributed by atoms with Crippen LogP contribution in [0.15, 0.2) is 83.3 Å². The first-order chi connectivity index (χ1) is 40.7. The molecule has 11 amide bonds. The number of benzene rings is 2. The molecule has 31 nitrogen and oxygen atoms in total. The number of para-hydroxylation sites is 1. The summed E-state index contributed by atoms with van der Waals surface area (Å²) in [5.74, 6) is -11.1. The summed E-state index contributed by atoms with van der Waals surface area (Å²) in [5.41, 5.74) is 30.1. The van der Waals surface area contributed by atoms with Gasteiger partial charge < -0.3 is 86.3 Å². The van der Waals surface area contributed by atoms with E-state index in [0.29, 0.717) is 32.6 Å². The van der Waals surface area contributed by atoms with Crippen LogP contribution in [0.1, 0.15) is 55.3 Å². The number of imide groups is 1. The largest absolute Gasteiger partial charge is 0.481 e. The molecule has 0 radical (unpaired) electrons. The highest BCUT2D eigenvalue weighted by atomic mass is 33.1. The summed E-state index contributed by atoms with van der Waals surface area (Å²) in [6, 6.07) is 2.35. The van der Waals surface area contributed by atoms with E-state index in [1.165, 1.54) is 12.5 Å². The standard InChI is InChI=1S/C52H69N19O12S2/c53-42(75)37-24-84-85-25-38(70-49(82)39(13-7-17-60-51(56)57)71-40(72)23-62-52(71)83)48(81)65-33(14-15-41(73)74)44(77)68-36(20-29-22-58-26-63-29)47(80)66-34(18-27-8-2-1-3-9-27)45(78)64-32(12-6-16-59-50(54)55)43(76)67-35(46(79)69-37)19-28-21-61-31-11-5-4-10-30(28)31/h1-5,8-11,21-22,26,32-39,61H,6-7,12-20,23-25H2,(H2,53,75)(H,58,63)(H,62,83)(H,64,78)(H,65,81)(H,66,80)(H,67,76)(H,68,77)(H,69,79)(H,70,82)(H,73,74)(H4,54,55,59)(H4,56,57,60)/t32-,33?,34+,35-,36-,37-,38-,39+/m0/s1. The molecule has 0 saturated carbocycles. The first kappa shape index (κ1) is 64.8. The second-order valence-corrected chi connectivity index (χ2v) is 22.3. The SMILES string of the molecule is NC(=O)[C@@H]1CSSC[C@H](NC(=O)[C@@H](CCCN=C(N)N)N2C(=O)CNC2=O)C(=O)NC(CCC(=O)O)C(=O)N[C@@H](Cc2cnc[nH]2)C(=O)N[C@H](Cc2ccccc2)C(=O)N[C@@H](CCCN=C(N)N)C(=O)N[C@@H](Cc2c[nH]c3ccccc23)C(=O)N1. The third kappa shape index (κ3) is 19.9. The van der Waals surface area contributed by atoms with Crippen molar-refractivity contribution in [3.8, 4) is 0 Å². The number of aliphatic carboxylic acids is 1. The van der Waals surface area contributed by atoms with E-state index in [0.717, 1.165) is 21.6 Å². The summed E-state index contributed by atoms with van der Waals surface area (Å²) in [5, 5.41) is 31.3. The van der Waals surface area contributed by atoms with Crippen molar-refractivity contribution in [2.45, 2.75) is 106 Å². The second kappa shape index (κ2) is 31.9. The van der Waals surface area contributed by atoms with Crippen LogP contribution in [0.25, 0.3) is 10.9 Å². The molecular formula is C52H69N19O12S2. The molecule has 33 heteroatoms. The molecule has 0 aliphatic carbocycles. The van der Waals surface area contributed by atoms with Crippen LogP contribution in [0.3, 0.4) is 0 Å². The second-order valence-electron chi connectivity index (χ2n) is 19.7. The van der Waals surface area contributed by atoms with Gasteiger partial charge in [0.1, 0.15) is 48.3 Å². The summed E-state index contributed by atoms with van der Waals surface area (Å²) in [7, 11) is 1.78. The van der Waals surface area contributed by atoms with Gasteiger partial charge in [0.15, 0.2) is 11.9 Å². The Morgan fingerprint density at radius 3 is 1.87 bits per heavy atom. The quantitative estimate of drug-likeness (QED) is 0.0125. The van der Waals surface area contributed by atoms with Gasteiger partial charge >= 0.3 is 12.0 Å². The van der Waals surface area contributed by atoms with Crippen LogP contribution in [0.2, 0.25) is 0 Å². The molecule has 0 bridgehead atoms. The van der Waals surface area contributed by atoms with Crippen molar-refractivity contribution >= 4 is 110 Å². The van der Waals surface area contributed by atoms with Gasteiger partial charge in [0.25, 0.3) is 5.91 Å². The number of aromatic amines is 2. The first-order valence-corrected chi connectivity index (χ1v) is 29.3. The molecule has 4 heterocycles. The monoisotopic (exact) mass is 1220 g/mol. The molecule has 2 saturated heterocycles. The van der Waals surface area contributed by atoms with E-state index >= 15 is 0 Å². The fraction of sp³-hybridized carbons (Fsp3) is 0.423. The molecule has 8 atom stereocenters. The summed E-state index contributed by atoms with van der Waals surface area (Å²) >= 11 is 0. The number of carbonyl (C=O) groups excluding carboxylic acids is 10. The topological polar surface area (TPSA) is 507 Å². The van der Waals surface area contributed by atoms with Gasteiger partial charge in [-0.05, 0) is 49.3 Å². The highest BCUT2D eigenvalue weighted by Gasteiger charge is 2.41. The minimum atomic E-state index is -1.74. The number of carboxylic acids is 1. The summed E-state index contributed by atoms with van der Waals surface area (Å²) < 4.78 is 0. The van der Waals surface area contributed by atoms with Gasteiger partial charge in [-0.15, -0.1) is 0 Å². The van der Waals surface area contributed by atoms with E-state index in [-0.39, 0.29) is 75.7 Å². The molecule has 456 valence electrons. The number of primary amides is 1. The van der Waals surface area contributed by atoms with Crippen molar-refractivity contribution in [1.29, 1.82) is 0 Å².